The van der Waals surface area contributed by atoms with Crippen molar-refractivity contribution >= 4 is 5.91 Å². The van der Waals surface area contributed by atoms with E-state index >= 15 is 0 Å². The number of piperidine rings is 2. The van der Waals surface area contributed by atoms with Gasteiger partial charge in [0.2, 0.25) is 5.91 Å². The van der Waals surface area contributed by atoms with Gasteiger partial charge >= 0.3 is 0 Å². The molecule has 2 aliphatic heterocycles. The summed E-state index contributed by atoms with van der Waals surface area (Å²) in [7, 11) is 0. The van der Waals surface area contributed by atoms with E-state index in [1.54, 1.807) is 4.68 Å². The number of likely N-dealkylation sites (tertiary alicyclic amines) is 2. The summed E-state index contributed by atoms with van der Waals surface area (Å²) in [5, 5.41) is 21.8. The first-order valence-corrected chi connectivity index (χ1v) is 10.0. The Morgan fingerprint density at radius 1 is 1.30 bits per heavy atom. The van der Waals surface area contributed by atoms with Crippen LogP contribution < -0.4 is 0 Å². The Kier molecular flexibility index (Phi) is 6.59. The van der Waals surface area contributed by atoms with Gasteiger partial charge in [-0.05, 0) is 50.0 Å². The van der Waals surface area contributed by atoms with E-state index in [-0.39, 0.29) is 17.4 Å². The third-order valence-corrected chi connectivity index (χ3v) is 5.87. The molecule has 8 nitrogen and oxygen atoms in total. The molecule has 2 saturated heterocycles. The van der Waals surface area contributed by atoms with E-state index in [2.05, 4.69) is 40.3 Å². The third kappa shape index (κ3) is 5.13. The Morgan fingerprint density at radius 3 is 2.89 bits per heavy atom. The SMILES string of the molecule is CC(C)=CCCN1CC[C@@H](O)[C@]2(CCCN(C(=O)CCn3cnnn3)C2)C1. The molecule has 27 heavy (non-hydrogen) atoms. The molecule has 0 bridgehead atoms. The van der Waals surface area contributed by atoms with Crippen LogP contribution in [0, 0.1) is 5.41 Å². The fraction of sp³-hybridized carbons (Fsp3) is 0.789. The number of carbonyl (C=O) groups excluding carboxylic acids is 1. The average Bonchev–Trinajstić information content (AvgIpc) is 3.16. The molecule has 0 radical (unpaired) electrons. The van der Waals surface area contributed by atoms with Gasteiger partial charge in [0.15, 0.2) is 0 Å². The highest BCUT2D eigenvalue weighted by atomic mass is 16.3. The largest absolute Gasteiger partial charge is 0.392 e. The lowest BCUT2D eigenvalue weighted by Crippen LogP contribution is -2.59. The molecule has 3 heterocycles. The van der Waals surface area contributed by atoms with Crippen LogP contribution in [0.5, 0.6) is 0 Å². The molecule has 0 aromatic carbocycles. The van der Waals surface area contributed by atoms with Crippen LogP contribution in [0.3, 0.4) is 0 Å². The summed E-state index contributed by atoms with van der Waals surface area (Å²) in [6, 6.07) is 0. The Bertz CT molecular complexity index is 643. The van der Waals surface area contributed by atoms with Gasteiger partial charge in [0.25, 0.3) is 0 Å². The summed E-state index contributed by atoms with van der Waals surface area (Å²) in [6.07, 6.45) is 7.64. The zero-order chi connectivity index (χ0) is 19.3. The van der Waals surface area contributed by atoms with Crippen molar-refractivity contribution in [1.82, 2.24) is 30.0 Å². The van der Waals surface area contributed by atoms with Gasteiger partial charge in [-0.25, -0.2) is 4.68 Å². The van der Waals surface area contributed by atoms with Crippen molar-refractivity contribution in [2.24, 2.45) is 5.41 Å². The molecule has 1 spiro atoms. The van der Waals surface area contributed by atoms with Crippen LogP contribution in [0.15, 0.2) is 18.0 Å². The molecule has 1 aromatic heterocycles. The van der Waals surface area contributed by atoms with Crippen LogP contribution in [0.1, 0.15) is 46.0 Å². The molecule has 0 unspecified atom stereocenters. The summed E-state index contributed by atoms with van der Waals surface area (Å²) in [6.45, 7) is 9.01. The minimum Gasteiger partial charge on any atom is -0.392 e. The molecule has 0 aliphatic carbocycles. The highest BCUT2D eigenvalue weighted by Crippen LogP contribution is 2.39. The molecular formula is C19H32N6O2. The van der Waals surface area contributed by atoms with E-state index in [9.17, 15) is 9.90 Å². The summed E-state index contributed by atoms with van der Waals surface area (Å²) in [4.78, 5) is 17.1. The number of aliphatic hydroxyl groups excluding tert-OH is 1. The second-order valence-corrected chi connectivity index (χ2v) is 8.25. The van der Waals surface area contributed by atoms with Gasteiger partial charge in [-0.3, -0.25) is 4.79 Å². The molecule has 2 fully saturated rings. The zero-order valence-electron chi connectivity index (χ0n) is 16.5. The fourth-order valence-electron chi connectivity index (χ4n) is 4.39. The van der Waals surface area contributed by atoms with Crippen LogP contribution >= 0.6 is 0 Å². The number of rotatable bonds is 6. The number of tetrazole rings is 1. The van der Waals surface area contributed by atoms with E-state index in [1.165, 1.54) is 11.9 Å². The van der Waals surface area contributed by atoms with Gasteiger partial charge in [-0.2, -0.15) is 0 Å². The highest BCUT2D eigenvalue weighted by Gasteiger charge is 2.46. The number of nitrogens with zero attached hydrogens (tertiary/aromatic N) is 6. The lowest BCUT2D eigenvalue weighted by Gasteiger charge is -2.51. The number of hydrogen-bond donors (Lipinski definition) is 1. The normalized spacial score (nSPS) is 26.3. The lowest BCUT2D eigenvalue weighted by molar-refractivity contribution is -0.141. The lowest BCUT2D eigenvalue weighted by atomic mass is 9.71. The van der Waals surface area contributed by atoms with Crippen LogP contribution in [-0.2, 0) is 11.3 Å². The van der Waals surface area contributed by atoms with Crippen molar-refractivity contribution in [3.8, 4) is 0 Å². The van der Waals surface area contributed by atoms with E-state index in [4.69, 9.17) is 0 Å². The molecule has 150 valence electrons. The number of hydrogen-bond acceptors (Lipinski definition) is 6. The maximum atomic E-state index is 12.7. The molecular weight excluding hydrogens is 344 g/mol. The van der Waals surface area contributed by atoms with E-state index < -0.39 is 0 Å². The first kappa shape index (κ1) is 19.9. The molecule has 1 aromatic rings. The van der Waals surface area contributed by atoms with Crippen molar-refractivity contribution in [1.29, 1.82) is 0 Å². The zero-order valence-corrected chi connectivity index (χ0v) is 16.5. The summed E-state index contributed by atoms with van der Waals surface area (Å²) >= 11 is 0. The van der Waals surface area contributed by atoms with Crippen molar-refractivity contribution in [3.63, 3.8) is 0 Å². The number of aromatic nitrogens is 4. The van der Waals surface area contributed by atoms with Gasteiger partial charge in [0.1, 0.15) is 6.33 Å². The Morgan fingerprint density at radius 2 is 2.15 bits per heavy atom. The molecule has 0 saturated carbocycles. The van der Waals surface area contributed by atoms with Crippen molar-refractivity contribution in [2.75, 3.05) is 32.7 Å². The van der Waals surface area contributed by atoms with Crippen LogP contribution in [0.25, 0.3) is 0 Å². The van der Waals surface area contributed by atoms with Crippen molar-refractivity contribution in [2.45, 2.75) is 58.6 Å². The minimum absolute atomic E-state index is 0.124. The third-order valence-electron chi connectivity index (χ3n) is 5.87. The summed E-state index contributed by atoms with van der Waals surface area (Å²) in [5.41, 5.74) is 1.16. The maximum Gasteiger partial charge on any atom is 0.224 e. The number of allylic oxidation sites excluding steroid dienone is 1. The monoisotopic (exact) mass is 376 g/mol. The molecule has 2 aliphatic rings. The Balaban J connectivity index is 1.58. The minimum atomic E-state index is -0.327. The predicted molar refractivity (Wildman–Crippen MR) is 102 cm³/mol. The van der Waals surface area contributed by atoms with Crippen molar-refractivity contribution < 1.29 is 9.90 Å². The standard InChI is InChI=1S/C19H32N6O2/c1-16(2)5-3-9-23-11-6-17(26)19(13-23)8-4-10-24(14-19)18(27)7-12-25-15-20-21-22-25/h5,15,17,26H,3-4,6-14H2,1-2H3/t17-,19-/m1/s1. The Hall–Kier alpha value is -1.80. The fourth-order valence-corrected chi connectivity index (χ4v) is 4.39. The van der Waals surface area contributed by atoms with E-state index in [0.717, 1.165) is 51.9 Å². The Labute approximate surface area is 161 Å². The molecule has 1 N–H and O–H groups in total. The second-order valence-electron chi connectivity index (χ2n) is 8.25. The quantitative estimate of drug-likeness (QED) is 0.748. The summed E-state index contributed by atoms with van der Waals surface area (Å²) in [5.74, 6) is 0.124. The van der Waals surface area contributed by atoms with Crippen molar-refractivity contribution in [3.05, 3.63) is 18.0 Å². The number of aliphatic hydroxyl groups is 1. The highest BCUT2D eigenvalue weighted by molar-refractivity contribution is 5.76. The van der Waals surface area contributed by atoms with Gasteiger partial charge in [0, 0.05) is 44.6 Å². The molecule has 1 amide bonds. The molecule has 3 rings (SSSR count). The number of aryl methyl sites for hydroxylation is 1. The molecule has 8 heteroatoms. The van der Waals surface area contributed by atoms with E-state index in [1.807, 2.05) is 4.90 Å². The smallest absolute Gasteiger partial charge is 0.224 e. The molecule has 2 atom stereocenters. The first-order chi connectivity index (χ1) is 13.0. The van der Waals surface area contributed by atoms with Gasteiger partial charge in [-0.1, -0.05) is 11.6 Å². The second kappa shape index (κ2) is 8.93. The van der Waals surface area contributed by atoms with Crippen LogP contribution in [0.2, 0.25) is 0 Å². The number of amides is 1. The van der Waals surface area contributed by atoms with Gasteiger partial charge < -0.3 is 14.9 Å². The first-order valence-electron chi connectivity index (χ1n) is 10.0. The predicted octanol–water partition coefficient (Wildman–Crippen LogP) is 1.09. The topological polar surface area (TPSA) is 87.4 Å². The van der Waals surface area contributed by atoms with Crippen LogP contribution in [0.4, 0.5) is 0 Å². The maximum absolute atomic E-state index is 12.7. The number of carbonyl (C=O) groups is 1. The average molecular weight is 377 g/mol. The van der Waals surface area contributed by atoms with E-state index in [0.29, 0.717) is 19.5 Å². The van der Waals surface area contributed by atoms with Gasteiger partial charge in [-0.15, -0.1) is 5.10 Å². The van der Waals surface area contributed by atoms with Crippen LogP contribution in [-0.4, -0.2) is 79.8 Å². The van der Waals surface area contributed by atoms with Gasteiger partial charge in [0.05, 0.1) is 12.6 Å². The summed E-state index contributed by atoms with van der Waals surface area (Å²) < 4.78 is 1.58.